The zero-order valence-electron chi connectivity index (χ0n) is 14.2. The van der Waals surface area contributed by atoms with Crippen molar-refractivity contribution >= 4 is 15.9 Å². The standard InChI is InChI=1S/C18H23N3O3S/c1-14-7-8-16(13-17(14)18(20)22)25(23,24)21(12-10-19)11-9-15-5-3-2-4-6-15/h2-8,13H,9-12,19H2,1H3,(H2,20,22). The van der Waals surface area contributed by atoms with Crippen LogP contribution in [0.15, 0.2) is 53.4 Å². The maximum Gasteiger partial charge on any atom is 0.249 e. The first-order valence-corrected chi connectivity index (χ1v) is 9.45. The smallest absolute Gasteiger partial charge is 0.249 e. The number of primary amides is 1. The summed E-state index contributed by atoms with van der Waals surface area (Å²) in [6, 6.07) is 14.0. The van der Waals surface area contributed by atoms with Crippen molar-refractivity contribution in [3.05, 3.63) is 65.2 Å². The zero-order valence-corrected chi connectivity index (χ0v) is 15.0. The first-order valence-electron chi connectivity index (χ1n) is 8.01. The number of aryl methyl sites for hydroxylation is 1. The summed E-state index contributed by atoms with van der Waals surface area (Å²) in [7, 11) is -3.76. The van der Waals surface area contributed by atoms with Crippen molar-refractivity contribution in [3.63, 3.8) is 0 Å². The third kappa shape index (κ3) is 4.66. The third-order valence-electron chi connectivity index (χ3n) is 3.98. The van der Waals surface area contributed by atoms with Gasteiger partial charge in [-0.25, -0.2) is 8.42 Å². The molecule has 0 fully saturated rings. The molecule has 0 unspecified atom stereocenters. The van der Waals surface area contributed by atoms with Crippen LogP contribution in [0.3, 0.4) is 0 Å². The molecule has 0 saturated carbocycles. The first-order chi connectivity index (χ1) is 11.9. The second kappa shape index (κ2) is 8.24. The van der Waals surface area contributed by atoms with E-state index in [9.17, 15) is 13.2 Å². The third-order valence-corrected chi connectivity index (χ3v) is 5.88. The number of nitrogens with two attached hydrogens (primary N) is 2. The van der Waals surface area contributed by atoms with Gasteiger partial charge in [0.15, 0.2) is 0 Å². The van der Waals surface area contributed by atoms with E-state index >= 15 is 0 Å². The Morgan fingerprint density at radius 3 is 2.36 bits per heavy atom. The van der Waals surface area contributed by atoms with E-state index in [0.29, 0.717) is 18.5 Å². The lowest BCUT2D eigenvalue weighted by Crippen LogP contribution is -2.37. The van der Waals surface area contributed by atoms with Gasteiger partial charge in [-0.1, -0.05) is 36.4 Å². The molecule has 0 bridgehead atoms. The van der Waals surface area contributed by atoms with Gasteiger partial charge in [0, 0.05) is 25.2 Å². The van der Waals surface area contributed by atoms with E-state index in [1.54, 1.807) is 13.0 Å². The number of sulfonamides is 1. The number of carbonyl (C=O) groups is 1. The number of nitrogens with zero attached hydrogens (tertiary/aromatic N) is 1. The molecule has 7 heteroatoms. The summed E-state index contributed by atoms with van der Waals surface area (Å²) in [5.41, 5.74) is 12.8. The fraction of sp³-hybridized carbons (Fsp3) is 0.278. The highest BCUT2D eigenvalue weighted by Gasteiger charge is 2.25. The van der Waals surface area contributed by atoms with E-state index < -0.39 is 15.9 Å². The highest BCUT2D eigenvalue weighted by atomic mass is 32.2. The van der Waals surface area contributed by atoms with E-state index in [1.807, 2.05) is 30.3 Å². The highest BCUT2D eigenvalue weighted by molar-refractivity contribution is 7.89. The molecule has 1 amide bonds. The molecule has 0 saturated heterocycles. The average Bonchev–Trinajstić information content (AvgIpc) is 2.59. The molecule has 0 radical (unpaired) electrons. The Kier molecular flexibility index (Phi) is 6.30. The van der Waals surface area contributed by atoms with Gasteiger partial charge >= 0.3 is 0 Å². The Hall–Kier alpha value is -2.22. The molecule has 2 rings (SSSR count). The Balaban J connectivity index is 2.29. The van der Waals surface area contributed by atoms with Crippen LogP contribution in [0.4, 0.5) is 0 Å². The molecular weight excluding hydrogens is 338 g/mol. The van der Waals surface area contributed by atoms with E-state index in [0.717, 1.165) is 5.56 Å². The second-order valence-electron chi connectivity index (χ2n) is 5.77. The Labute approximate surface area is 148 Å². The van der Waals surface area contributed by atoms with Gasteiger partial charge in [0.1, 0.15) is 0 Å². The Morgan fingerprint density at radius 1 is 1.08 bits per heavy atom. The molecule has 6 nitrogen and oxygen atoms in total. The number of carbonyl (C=O) groups excluding carboxylic acids is 1. The highest BCUT2D eigenvalue weighted by Crippen LogP contribution is 2.20. The Bertz CT molecular complexity index is 836. The predicted molar refractivity (Wildman–Crippen MR) is 97.7 cm³/mol. The number of hydrogen-bond donors (Lipinski definition) is 2. The maximum absolute atomic E-state index is 12.9. The van der Waals surface area contributed by atoms with E-state index in [-0.39, 0.29) is 23.5 Å². The number of rotatable bonds is 8. The second-order valence-corrected chi connectivity index (χ2v) is 7.71. The first kappa shape index (κ1) is 19.1. The van der Waals surface area contributed by atoms with Crippen LogP contribution >= 0.6 is 0 Å². The summed E-state index contributed by atoms with van der Waals surface area (Å²) in [6.45, 7) is 2.43. The van der Waals surface area contributed by atoms with Crippen LogP contribution in [0, 0.1) is 6.92 Å². The SMILES string of the molecule is Cc1ccc(S(=O)(=O)N(CCN)CCc2ccccc2)cc1C(N)=O. The topological polar surface area (TPSA) is 106 Å². The summed E-state index contributed by atoms with van der Waals surface area (Å²) in [5.74, 6) is -0.649. The molecule has 0 aliphatic carbocycles. The number of amides is 1. The van der Waals surface area contributed by atoms with Crippen molar-refractivity contribution in [1.29, 1.82) is 0 Å². The maximum atomic E-state index is 12.9. The van der Waals surface area contributed by atoms with Gasteiger partial charge in [0.2, 0.25) is 15.9 Å². The van der Waals surface area contributed by atoms with Crippen LogP contribution in [-0.4, -0.2) is 38.3 Å². The van der Waals surface area contributed by atoms with Gasteiger partial charge in [0.25, 0.3) is 0 Å². The van der Waals surface area contributed by atoms with Gasteiger partial charge in [0.05, 0.1) is 4.90 Å². The van der Waals surface area contributed by atoms with E-state index in [2.05, 4.69) is 0 Å². The summed E-state index contributed by atoms with van der Waals surface area (Å²) in [5, 5.41) is 0. The van der Waals surface area contributed by atoms with Crippen LogP contribution in [0.1, 0.15) is 21.5 Å². The van der Waals surface area contributed by atoms with Crippen molar-refractivity contribution < 1.29 is 13.2 Å². The molecule has 134 valence electrons. The average molecular weight is 361 g/mol. The van der Waals surface area contributed by atoms with Crippen molar-refractivity contribution in [2.24, 2.45) is 11.5 Å². The summed E-state index contributed by atoms with van der Waals surface area (Å²) >= 11 is 0. The van der Waals surface area contributed by atoms with Gasteiger partial charge < -0.3 is 11.5 Å². The Morgan fingerprint density at radius 2 is 1.76 bits per heavy atom. The van der Waals surface area contributed by atoms with Crippen molar-refractivity contribution in [3.8, 4) is 0 Å². The van der Waals surface area contributed by atoms with E-state index in [4.69, 9.17) is 11.5 Å². The minimum Gasteiger partial charge on any atom is -0.366 e. The largest absolute Gasteiger partial charge is 0.366 e. The normalized spacial score (nSPS) is 11.6. The fourth-order valence-corrected chi connectivity index (χ4v) is 4.05. The number of benzene rings is 2. The lowest BCUT2D eigenvalue weighted by atomic mass is 10.1. The van der Waals surface area contributed by atoms with Crippen LogP contribution in [0.5, 0.6) is 0 Å². The zero-order chi connectivity index (χ0) is 18.4. The van der Waals surface area contributed by atoms with Gasteiger partial charge in [-0.2, -0.15) is 4.31 Å². The molecule has 0 spiro atoms. The van der Waals surface area contributed by atoms with Crippen molar-refractivity contribution in [2.45, 2.75) is 18.2 Å². The molecule has 4 N–H and O–H groups in total. The van der Waals surface area contributed by atoms with Crippen LogP contribution in [-0.2, 0) is 16.4 Å². The minimum absolute atomic E-state index is 0.0495. The number of hydrogen-bond acceptors (Lipinski definition) is 4. The lowest BCUT2D eigenvalue weighted by molar-refractivity contribution is 0.0999. The summed E-state index contributed by atoms with van der Waals surface area (Å²) < 4.78 is 27.2. The molecule has 2 aromatic carbocycles. The molecular formula is C18H23N3O3S. The van der Waals surface area contributed by atoms with Gasteiger partial charge in [-0.05, 0) is 36.6 Å². The summed E-state index contributed by atoms with van der Waals surface area (Å²) in [4.78, 5) is 11.6. The van der Waals surface area contributed by atoms with Crippen LogP contribution in [0.2, 0.25) is 0 Å². The molecule has 2 aromatic rings. The quantitative estimate of drug-likeness (QED) is 0.739. The van der Waals surface area contributed by atoms with Gasteiger partial charge in [-0.3, -0.25) is 4.79 Å². The molecule has 0 aliphatic heterocycles. The van der Waals surface area contributed by atoms with Crippen molar-refractivity contribution in [2.75, 3.05) is 19.6 Å². The summed E-state index contributed by atoms with van der Waals surface area (Å²) in [6.07, 6.45) is 0.578. The molecule has 0 aliphatic rings. The molecule has 25 heavy (non-hydrogen) atoms. The molecule has 0 heterocycles. The minimum atomic E-state index is -3.76. The monoisotopic (exact) mass is 361 g/mol. The predicted octanol–water partition coefficient (Wildman–Crippen LogP) is 1.29. The molecule has 0 aromatic heterocycles. The lowest BCUT2D eigenvalue weighted by Gasteiger charge is -2.22. The van der Waals surface area contributed by atoms with Crippen molar-refractivity contribution in [1.82, 2.24) is 4.31 Å². The van der Waals surface area contributed by atoms with Crippen LogP contribution in [0.25, 0.3) is 0 Å². The fourth-order valence-electron chi connectivity index (χ4n) is 2.57. The van der Waals surface area contributed by atoms with E-state index in [1.165, 1.54) is 16.4 Å². The van der Waals surface area contributed by atoms with Gasteiger partial charge in [-0.15, -0.1) is 0 Å². The molecule has 0 atom stereocenters. The van der Waals surface area contributed by atoms with Crippen LogP contribution < -0.4 is 11.5 Å².